The highest BCUT2D eigenvalue weighted by atomic mass is 16.3. The van der Waals surface area contributed by atoms with Crippen LogP contribution >= 0.6 is 0 Å². The van der Waals surface area contributed by atoms with E-state index in [2.05, 4.69) is 0 Å². The van der Waals surface area contributed by atoms with Crippen LogP contribution in [-0.4, -0.2) is 17.5 Å². The first-order valence-corrected chi connectivity index (χ1v) is 2.68. The molecule has 0 aromatic carbocycles. The Balaban J connectivity index is 2.62. The number of aliphatic hydroxyl groups is 1. The molecule has 0 amide bonds. The van der Waals surface area contributed by atoms with Crippen LogP contribution in [0.15, 0.2) is 11.6 Å². The molecule has 0 heterocycles. The maximum Gasteiger partial charge on any atom is 0.148 e. The Morgan fingerprint density at radius 2 is 2.62 bits per heavy atom. The molecular formula is C6H8O2. The Hall–Kier alpha value is -0.630. The number of rotatable bonds is 1. The van der Waals surface area contributed by atoms with Crippen molar-refractivity contribution in [2.75, 3.05) is 0 Å². The monoisotopic (exact) mass is 112 g/mol. The Morgan fingerprint density at radius 1 is 1.88 bits per heavy atom. The third kappa shape index (κ3) is 0.793. The van der Waals surface area contributed by atoms with Gasteiger partial charge in [-0.2, -0.15) is 0 Å². The molecule has 0 fully saturated rings. The quantitative estimate of drug-likeness (QED) is 0.494. The molecule has 0 saturated carbocycles. The summed E-state index contributed by atoms with van der Waals surface area (Å²) in [6.07, 6.45) is 3.58. The molecule has 0 spiro atoms. The summed E-state index contributed by atoms with van der Waals surface area (Å²) in [6.45, 7) is 0. The van der Waals surface area contributed by atoms with E-state index in [0.717, 1.165) is 12.7 Å². The van der Waals surface area contributed by atoms with Crippen molar-refractivity contribution in [1.29, 1.82) is 0 Å². The van der Waals surface area contributed by atoms with Crippen LogP contribution in [0.1, 0.15) is 12.8 Å². The zero-order valence-electron chi connectivity index (χ0n) is 4.50. The molecule has 0 aromatic rings. The van der Waals surface area contributed by atoms with Crippen LogP contribution in [0.25, 0.3) is 0 Å². The first-order chi connectivity index (χ1) is 3.84. The minimum Gasteiger partial charge on any atom is -0.388 e. The molecule has 0 radical (unpaired) electrons. The summed E-state index contributed by atoms with van der Waals surface area (Å²) in [5.41, 5.74) is 0.546. The van der Waals surface area contributed by atoms with Gasteiger partial charge in [-0.05, 0) is 12.8 Å². The molecule has 0 saturated heterocycles. The van der Waals surface area contributed by atoms with Crippen molar-refractivity contribution in [3.63, 3.8) is 0 Å². The molecule has 0 aliphatic heterocycles. The van der Waals surface area contributed by atoms with Crippen molar-refractivity contribution in [3.05, 3.63) is 11.6 Å². The third-order valence-electron chi connectivity index (χ3n) is 1.34. The van der Waals surface area contributed by atoms with Crippen LogP contribution in [-0.2, 0) is 4.79 Å². The molecule has 1 atom stereocenters. The highest BCUT2D eigenvalue weighted by Gasteiger charge is 2.13. The largest absolute Gasteiger partial charge is 0.388 e. The van der Waals surface area contributed by atoms with Crippen LogP contribution in [0.4, 0.5) is 0 Å². The highest BCUT2D eigenvalue weighted by Crippen LogP contribution is 2.15. The highest BCUT2D eigenvalue weighted by molar-refractivity contribution is 5.75. The van der Waals surface area contributed by atoms with Crippen LogP contribution in [0, 0.1) is 0 Å². The summed E-state index contributed by atoms with van der Waals surface area (Å²) in [6, 6.07) is 0. The number of hydrogen-bond acceptors (Lipinski definition) is 2. The van der Waals surface area contributed by atoms with Gasteiger partial charge in [-0.15, -0.1) is 0 Å². The second-order valence-corrected chi connectivity index (χ2v) is 1.92. The van der Waals surface area contributed by atoms with E-state index in [1.807, 2.05) is 0 Å². The number of hydrogen-bond donors (Lipinski definition) is 1. The lowest BCUT2D eigenvalue weighted by Gasteiger charge is -1.97. The molecule has 1 N–H and O–H groups in total. The smallest absolute Gasteiger partial charge is 0.148 e. The van der Waals surface area contributed by atoms with Crippen molar-refractivity contribution < 1.29 is 9.90 Å². The van der Waals surface area contributed by atoms with Crippen molar-refractivity contribution in [1.82, 2.24) is 0 Å². The third-order valence-corrected chi connectivity index (χ3v) is 1.34. The normalized spacial score (nSPS) is 27.6. The average molecular weight is 112 g/mol. The van der Waals surface area contributed by atoms with Crippen LogP contribution in [0.2, 0.25) is 0 Å². The van der Waals surface area contributed by atoms with E-state index >= 15 is 0 Å². The molecule has 2 nitrogen and oxygen atoms in total. The molecule has 44 valence electrons. The average Bonchev–Trinajstić information content (AvgIpc) is 2.14. The van der Waals surface area contributed by atoms with E-state index in [1.54, 1.807) is 6.08 Å². The molecule has 1 aliphatic rings. The van der Waals surface area contributed by atoms with Crippen LogP contribution < -0.4 is 0 Å². The molecule has 1 aliphatic carbocycles. The summed E-state index contributed by atoms with van der Waals surface area (Å²) >= 11 is 0. The summed E-state index contributed by atoms with van der Waals surface area (Å²) in [5.74, 6) is 0. The van der Waals surface area contributed by atoms with Crippen LogP contribution in [0.5, 0.6) is 0 Å². The standard InChI is InChI=1S/C6H8O2/c7-4-5-2-1-3-6(5)8/h2,4,6,8H,1,3H2/t6-/m0/s1. The first kappa shape index (κ1) is 5.51. The molecule has 1 rings (SSSR count). The lowest BCUT2D eigenvalue weighted by atomic mass is 10.2. The summed E-state index contributed by atoms with van der Waals surface area (Å²) in [4.78, 5) is 9.99. The van der Waals surface area contributed by atoms with Gasteiger partial charge in [0.15, 0.2) is 0 Å². The topological polar surface area (TPSA) is 37.3 Å². The fraction of sp³-hybridized carbons (Fsp3) is 0.500. The Labute approximate surface area is 47.8 Å². The lowest BCUT2D eigenvalue weighted by Crippen LogP contribution is -2.04. The fourth-order valence-corrected chi connectivity index (χ4v) is 0.837. The van der Waals surface area contributed by atoms with E-state index in [9.17, 15) is 4.79 Å². The minimum absolute atomic E-state index is 0.479. The second kappa shape index (κ2) is 2.09. The molecule has 8 heavy (non-hydrogen) atoms. The van der Waals surface area contributed by atoms with Crippen molar-refractivity contribution in [2.24, 2.45) is 0 Å². The van der Waals surface area contributed by atoms with Gasteiger partial charge in [-0.3, -0.25) is 4.79 Å². The Bertz CT molecular complexity index is 126. The number of aliphatic hydroxyl groups excluding tert-OH is 1. The summed E-state index contributed by atoms with van der Waals surface area (Å²) < 4.78 is 0. The predicted molar refractivity (Wildman–Crippen MR) is 29.4 cm³/mol. The van der Waals surface area contributed by atoms with Gasteiger partial charge >= 0.3 is 0 Å². The van der Waals surface area contributed by atoms with Gasteiger partial charge in [0.2, 0.25) is 0 Å². The van der Waals surface area contributed by atoms with Gasteiger partial charge < -0.3 is 5.11 Å². The SMILES string of the molecule is O=CC1=CCC[C@@H]1O. The number of carbonyl (C=O) groups is 1. The zero-order valence-corrected chi connectivity index (χ0v) is 4.50. The minimum atomic E-state index is -0.479. The van der Waals surface area contributed by atoms with E-state index in [4.69, 9.17) is 5.11 Å². The van der Waals surface area contributed by atoms with Gasteiger partial charge in [0.25, 0.3) is 0 Å². The second-order valence-electron chi connectivity index (χ2n) is 1.92. The first-order valence-electron chi connectivity index (χ1n) is 2.68. The Morgan fingerprint density at radius 3 is 2.88 bits per heavy atom. The Kier molecular flexibility index (Phi) is 1.44. The van der Waals surface area contributed by atoms with E-state index in [0.29, 0.717) is 12.0 Å². The zero-order chi connectivity index (χ0) is 5.98. The van der Waals surface area contributed by atoms with Gasteiger partial charge in [0, 0.05) is 5.57 Å². The van der Waals surface area contributed by atoms with Gasteiger partial charge in [-0.25, -0.2) is 0 Å². The van der Waals surface area contributed by atoms with Gasteiger partial charge in [0.05, 0.1) is 6.10 Å². The molecule has 2 heteroatoms. The van der Waals surface area contributed by atoms with E-state index < -0.39 is 6.10 Å². The maximum atomic E-state index is 9.99. The molecule has 0 bridgehead atoms. The van der Waals surface area contributed by atoms with Crippen LogP contribution in [0.3, 0.4) is 0 Å². The van der Waals surface area contributed by atoms with Gasteiger partial charge in [0.1, 0.15) is 6.29 Å². The lowest BCUT2D eigenvalue weighted by molar-refractivity contribution is -0.105. The van der Waals surface area contributed by atoms with Crippen molar-refractivity contribution in [3.8, 4) is 0 Å². The summed E-state index contributed by atoms with van der Waals surface area (Å²) in [5, 5.41) is 8.89. The summed E-state index contributed by atoms with van der Waals surface area (Å²) in [7, 11) is 0. The van der Waals surface area contributed by atoms with E-state index in [-0.39, 0.29) is 0 Å². The fourth-order valence-electron chi connectivity index (χ4n) is 0.837. The maximum absolute atomic E-state index is 9.99. The van der Waals surface area contributed by atoms with Gasteiger partial charge in [-0.1, -0.05) is 6.08 Å². The number of allylic oxidation sites excluding steroid dienone is 1. The predicted octanol–water partition coefficient (Wildman–Crippen LogP) is 0.266. The number of carbonyl (C=O) groups excluding carboxylic acids is 1. The number of aldehydes is 1. The van der Waals surface area contributed by atoms with Crippen molar-refractivity contribution >= 4 is 6.29 Å². The molecule has 0 aromatic heterocycles. The molecule has 0 unspecified atom stereocenters. The van der Waals surface area contributed by atoms with E-state index in [1.165, 1.54) is 0 Å². The molecular weight excluding hydrogens is 104 g/mol. The van der Waals surface area contributed by atoms with Crippen molar-refractivity contribution in [2.45, 2.75) is 18.9 Å².